The first-order valence-electron chi connectivity index (χ1n) is 10.2. The molecule has 0 saturated carbocycles. The Hall–Kier alpha value is -1.22. The second kappa shape index (κ2) is 22.1. The molecule has 0 saturated heterocycles. The molecule has 0 radical (unpaired) electrons. The van der Waals surface area contributed by atoms with Gasteiger partial charge in [-0.05, 0) is 12.8 Å². The number of rotatable bonds is 11. The van der Waals surface area contributed by atoms with E-state index >= 15 is 0 Å². The summed E-state index contributed by atoms with van der Waals surface area (Å²) in [6, 6.07) is 0. The number of aliphatic hydroxyl groups is 4. The first kappa shape index (κ1) is 31.5. The molecule has 0 bridgehead atoms. The first-order chi connectivity index (χ1) is 13.2. The molecule has 0 aliphatic carbocycles. The van der Waals surface area contributed by atoms with E-state index in [9.17, 15) is 30.0 Å². The highest BCUT2D eigenvalue weighted by Gasteiger charge is 2.38. The molecule has 0 unspecified atom stereocenters. The van der Waals surface area contributed by atoms with Crippen LogP contribution in [0.15, 0.2) is 0 Å². The maximum Gasteiger partial charge on any atom is 0.337 e. The van der Waals surface area contributed by atoms with Crippen molar-refractivity contribution in [2.45, 2.75) is 104 Å². The topological polar surface area (TPSA) is 134 Å². The highest BCUT2D eigenvalue weighted by atomic mass is 16.6. The van der Waals surface area contributed by atoms with Gasteiger partial charge in [0.05, 0.1) is 13.2 Å². The van der Waals surface area contributed by atoms with Crippen molar-refractivity contribution < 1.29 is 39.5 Å². The molecule has 0 rings (SSSR count). The van der Waals surface area contributed by atoms with Gasteiger partial charge < -0.3 is 29.9 Å². The maximum absolute atomic E-state index is 11.4. The molecule has 8 heteroatoms. The third kappa shape index (κ3) is 16.9. The third-order valence-electron chi connectivity index (χ3n) is 2.96. The molecule has 0 aromatic heterocycles. The lowest BCUT2D eigenvalue weighted by molar-refractivity contribution is -0.179. The number of hydrogen-bond acceptors (Lipinski definition) is 8. The summed E-state index contributed by atoms with van der Waals surface area (Å²) in [5.41, 5.74) is 0. The summed E-state index contributed by atoms with van der Waals surface area (Å²) in [5.74, 6) is -2.27. The molecule has 0 spiro atoms. The summed E-state index contributed by atoms with van der Waals surface area (Å²) in [4.78, 5) is 22.9. The Bertz CT molecular complexity index is 328. The molecule has 4 atom stereocenters. The van der Waals surface area contributed by atoms with E-state index in [1.54, 1.807) is 0 Å². The van der Waals surface area contributed by atoms with Crippen molar-refractivity contribution in [2.24, 2.45) is 0 Å². The van der Waals surface area contributed by atoms with Gasteiger partial charge in [0, 0.05) is 0 Å². The van der Waals surface area contributed by atoms with Crippen LogP contribution in [0.1, 0.15) is 80.1 Å². The molecule has 28 heavy (non-hydrogen) atoms. The van der Waals surface area contributed by atoms with Crippen LogP contribution in [0.5, 0.6) is 0 Å². The van der Waals surface area contributed by atoms with E-state index in [4.69, 9.17) is 0 Å². The first-order valence-corrected chi connectivity index (χ1v) is 10.2. The zero-order chi connectivity index (χ0) is 22.5. The van der Waals surface area contributed by atoms with Gasteiger partial charge >= 0.3 is 11.9 Å². The summed E-state index contributed by atoms with van der Waals surface area (Å²) < 4.78 is 9.35. The van der Waals surface area contributed by atoms with Gasteiger partial charge in [-0.2, -0.15) is 0 Å². The summed E-state index contributed by atoms with van der Waals surface area (Å²) in [6.07, 6.45) is -3.04. The molecule has 0 heterocycles. The second-order valence-corrected chi connectivity index (χ2v) is 6.33. The van der Waals surface area contributed by atoms with E-state index < -0.39 is 36.4 Å². The molecule has 170 valence electrons. The number of hydrogen-bond donors (Lipinski definition) is 4. The lowest BCUT2D eigenvalue weighted by Crippen LogP contribution is -2.50. The van der Waals surface area contributed by atoms with E-state index in [1.165, 1.54) is 12.8 Å². The van der Waals surface area contributed by atoms with Gasteiger partial charge in [-0.1, -0.05) is 67.2 Å². The predicted octanol–water partition coefficient (Wildman–Crippen LogP) is 1.95. The Morgan fingerprint density at radius 3 is 1.11 bits per heavy atom. The van der Waals surface area contributed by atoms with Gasteiger partial charge in [0.25, 0.3) is 0 Å². The molecular weight excluding hydrogens is 368 g/mol. The summed E-state index contributed by atoms with van der Waals surface area (Å²) in [6.45, 7) is 12.4. The fourth-order valence-corrected chi connectivity index (χ4v) is 1.46. The van der Waals surface area contributed by atoms with Crippen LogP contribution in [0, 0.1) is 0 Å². The normalized spacial score (nSPS) is 14.2. The maximum atomic E-state index is 11.4. The van der Waals surface area contributed by atoms with Crippen LogP contribution in [0.3, 0.4) is 0 Å². The zero-order valence-corrected chi connectivity index (χ0v) is 18.4. The van der Waals surface area contributed by atoms with Crippen molar-refractivity contribution in [2.75, 3.05) is 13.2 Å². The van der Waals surface area contributed by atoms with Crippen LogP contribution in [0.25, 0.3) is 0 Å². The summed E-state index contributed by atoms with van der Waals surface area (Å²) in [5, 5.41) is 38.4. The Balaban J connectivity index is -0.000000915. The van der Waals surface area contributed by atoms with E-state index in [0.717, 1.165) is 12.8 Å². The van der Waals surface area contributed by atoms with E-state index in [2.05, 4.69) is 37.2 Å². The van der Waals surface area contributed by atoms with Crippen LogP contribution >= 0.6 is 0 Å². The number of ether oxygens (including phenoxy) is 2. The smallest absolute Gasteiger partial charge is 0.337 e. The minimum absolute atomic E-state index is 0.0663. The van der Waals surface area contributed by atoms with Crippen LogP contribution in [-0.2, 0) is 19.1 Å². The Kier molecular flexibility index (Phi) is 24.8. The standard InChI is InChI=1S/C14H26O8.2C3H8/c1-3-5-7-21-13(19)11(17)9(15)10(16)12(18)14(20)22-8-6-4-2;2*1-3-2/h9-12,15-18H,3-8H2,1-2H3;2*3H2,1-2H3/t9-,10+,11+,12-;;. The number of esters is 2. The third-order valence-corrected chi connectivity index (χ3v) is 2.96. The molecule has 4 N–H and O–H groups in total. The average Bonchev–Trinajstić information content (AvgIpc) is 2.67. The van der Waals surface area contributed by atoms with Gasteiger partial charge in [0.2, 0.25) is 0 Å². The highest BCUT2D eigenvalue weighted by Crippen LogP contribution is 2.09. The SMILES string of the molecule is CCC.CCC.CCCCOC(=O)[C@@H](O)[C@H](O)[C@H](O)[C@@H](O)C(=O)OCCCC. The van der Waals surface area contributed by atoms with E-state index in [0.29, 0.717) is 12.8 Å². The van der Waals surface area contributed by atoms with Crippen molar-refractivity contribution >= 4 is 11.9 Å². The minimum Gasteiger partial charge on any atom is -0.464 e. The summed E-state index contributed by atoms with van der Waals surface area (Å²) in [7, 11) is 0. The largest absolute Gasteiger partial charge is 0.464 e. The number of carbonyl (C=O) groups is 2. The van der Waals surface area contributed by atoms with Gasteiger partial charge in [0.1, 0.15) is 12.2 Å². The van der Waals surface area contributed by atoms with Crippen LogP contribution in [0.4, 0.5) is 0 Å². The zero-order valence-electron chi connectivity index (χ0n) is 18.4. The van der Waals surface area contributed by atoms with Crippen LogP contribution in [0.2, 0.25) is 0 Å². The fourth-order valence-electron chi connectivity index (χ4n) is 1.46. The van der Waals surface area contributed by atoms with Crippen molar-refractivity contribution in [3.05, 3.63) is 0 Å². The van der Waals surface area contributed by atoms with E-state index in [1.807, 2.05) is 13.8 Å². The lowest BCUT2D eigenvalue weighted by Gasteiger charge is -2.24. The lowest BCUT2D eigenvalue weighted by atomic mass is 10.0. The molecule has 0 aromatic rings. The fraction of sp³-hybridized carbons (Fsp3) is 0.900. The Morgan fingerprint density at radius 1 is 0.643 bits per heavy atom. The summed E-state index contributed by atoms with van der Waals surface area (Å²) >= 11 is 0. The molecule has 8 nitrogen and oxygen atoms in total. The van der Waals surface area contributed by atoms with Gasteiger partial charge in [0.15, 0.2) is 12.2 Å². The number of unbranched alkanes of at least 4 members (excludes halogenated alkanes) is 2. The number of carbonyl (C=O) groups excluding carboxylic acids is 2. The number of aliphatic hydroxyl groups excluding tert-OH is 4. The van der Waals surface area contributed by atoms with Crippen LogP contribution in [-0.4, -0.2) is 70.0 Å². The predicted molar refractivity (Wildman–Crippen MR) is 108 cm³/mol. The van der Waals surface area contributed by atoms with Gasteiger partial charge in [-0.3, -0.25) is 0 Å². The molecule has 0 aromatic carbocycles. The van der Waals surface area contributed by atoms with Crippen molar-refractivity contribution in [1.29, 1.82) is 0 Å². The highest BCUT2D eigenvalue weighted by molar-refractivity contribution is 5.77. The van der Waals surface area contributed by atoms with Crippen molar-refractivity contribution in [3.63, 3.8) is 0 Å². The average molecular weight is 411 g/mol. The van der Waals surface area contributed by atoms with Gasteiger partial charge in [-0.25, -0.2) is 9.59 Å². The quantitative estimate of drug-likeness (QED) is 0.300. The van der Waals surface area contributed by atoms with Crippen molar-refractivity contribution in [3.8, 4) is 0 Å². The monoisotopic (exact) mass is 410 g/mol. The molecule has 0 aliphatic heterocycles. The van der Waals surface area contributed by atoms with Gasteiger partial charge in [-0.15, -0.1) is 0 Å². The molecule has 0 amide bonds. The second-order valence-electron chi connectivity index (χ2n) is 6.33. The molecular formula is C20H42O8. The molecule has 0 aliphatic rings. The minimum atomic E-state index is -2.07. The Labute approximate surface area is 169 Å². The van der Waals surface area contributed by atoms with Crippen LogP contribution < -0.4 is 0 Å². The van der Waals surface area contributed by atoms with E-state index in [-0.39, 0.29) is 13.2 Å². The van der Waals surface area contributed by atoms with Crippen molar-refractivity contribution in [1.82, 2.24) is 0 Å². The molecule has 0 fully saturated rings. The Morgan fingerprint density at radius 2 is 0.893 bits per heavy atom.